The molecule has 0 bridgehead atoms. The lowest BCUT2D eigenvalue weighted by atomic mass is 10.3. The highest BCUT2D eigenvalue weighted by atomic mass is 35.5. The Morgan fingerprint density at radius 3 is 3.03 bits per heavy atom. The molecule has 10 heteroatoms. The summed E-state index contributed by atoms with van der Waals surface area (Å²) in [4.78, 5) is 31.7. The number of carbonyl (C=O) groups excluding carboxylic acids is 1. The number of fused-ring (bicyclic) bond motifs is 1. The number of hydrogen-bond donors (Lipinski definition) is 1. The van der Waals surface area contributed by atoms with Gasteiger partial charge < -0.3 is 14.1 Å². The molecule has 29 heavy (non-hydrogen) atoms. The van der Waals surface area contributed by atoms with Crippen molar-refractivity contribution >= 4 is 40.4 Å². The predicted octanol–water partition coefficient (Wildman–Crippen LogP) is 3.82. The number of thioether (sulfide) groups is 1. The van der Waals surface area contributed by atoms with Gasteiger partial charge in [-0.3, -0.25) is 4.79 Å². The third-order valence-electron chi connectivity index (χ3n) is 4.05. The van der Waals surface area contributed by atoms with E-state index in [9.17, 15) is 9.59 Å². The molecular weight excluding hydrogens is 416 g/mol. The van der Waals surface area contributed by atoms with Crippen LogP contribution in [0, 0.1) is 0 Å². The fourth-order valence-electron chi connectivity index (χ4n) is 2.74. The summed E-state index contributed by atoms with van der Waals surface area (Å²) in [6.45, 7) is 2.01. The molecule has 0 radical (unpaired) electrons. The SMILES string of the molecule is CCOC(=O)c1ccoc1CSc1nc2c(cnn2-c2cccc(Cl)c2)c(=O)[nH]1. The van der Waals surface area contributed by atoms with Gasteiger partial charge in [0, 0.05) is 5.02 Å². The molecule has 4 aromatic rings. The molecule has 0 spiro atoms. The number of nitrogens with one attached hydrogen (secondary N) is 1. The van der Waals surface area contributed by atoms with Crippen LogP contribution in [0.5, 0.6) is 0 Å². The molecule has 1 aromatic carbocycles. The molecule has 1 N–H and O–H groups in total. The highest BCUT2D eigenvalue weighted by molar-refractivity contribution is 7.98. The van der Waals surface area contributed by atoms with Gasteiger partial charge in [0.2, 0.25) is 0 Å². The summed E-state index contributed by atoms with van der Waals surface area (Å²) >= 11 is 7.30. The van der Waals surface area contributed by atoms with Gasteiger partial charge in [-0.2, -0.15) is 5.10 Å². The molecule has 3 aromatic heterocycles. The van der Waals surface area contributed by atoms with Crippen LogP contribution in [0.2, 0.25) is 5.02 Å². The Balaban J connectivity index is 1.64. The van der Waals surface area contributed by atoms with Crippen molar-refractivity contribution in [3.63, 3.8) is 0 Å². The maximum absolute atomic E-state index is 12.4. The Morgan fingerprint density at radius 1 is 1.38 bits per heavy atom. The highest BCUT2D eigenvalue weighted by Gasteiger charge is 2.17. The molecule has 0 amide bonds. The Bertz CT molecular complexity index is 1250. The standard InChI is InChI=1S/C19H15ClN4O4S/c1-2-27-18(26)13-6-7-28-15(13)10-29-19-22-16-14(17(25)23-19)9-21-24(16)12-5-3-4-11(20)8-12/h3-9H,2,10H2,1H3,(H,22,23,25). The topological polar surface area (TPSA) is 103 Å². The monoisotopic (exact) mass is 430 g/mol. The first-order valence-corrected chi connectivity index (χ1v) is 10.0. The van der Waals surface area contributed by atoms with Gasteiger partial charge in [0.15, 0.2) is 10.8 Å². The van der Waals surface area contributed by atoms with E-state index < -0.39 is 5.97 Å². The number of halogens is 1. The van der Waals surface area contributed by atoms with Gasteiger partial charge in [-0.05, 0) is 31.2 Å². The van der Waals surface area contributed by atoms with E-state index in [0.717, 1.165) is 0 Å². The Labute approximate surface area is 173 Å². The second-order valence-corrected chi connectivity index (χ2v) is 7.31. The van der Waals surface area contributed by atoms with Crippen molar-refractivity contribution in [3.8, 4) is 5.69 Å². The van der Waals surface area contributed by atoms with Gasteiger partial charge in [-0.25, -0.2) is 14.5 Å². The molecule has 4 rings (SSSR count). The van der Waals surface area contributed by atoms with Crippen LogP contribution in [0.1, 0.15) is 23.0 Å². The van der Waals surface area contributed by atoms with Gasteiger partial charge >= 0.3 is 5.97 Å². The number of hydrogen-bond acceptors (Lipinski definition) is 7. The van der Waals surface area contributed by atoms with E-state index in [4.69, 9.17) is 20.8 Å². The molecular formula is C19H15ClN4O4S. The van der Waals surface area contributed by atoms with Crippen LogP contribution in [0.4, 0.5) is 0 Å². The summed E-state index contributed by atoms with van der Waals surface area (Å²) in [6, 6.07) is 8.66. The third-order valence-corrected chi connectivity index (χ3v) is 5.16. The van der Waals surface area contributed by atoms with Crippen LogP contribution in [-0.2, 0) is 10.5 Å². The quantitative estimate of drug-likeness (QED) is 0.281. The van der Waals surface area contributed by atoms with Crippen LogP contribution < -0.4 is 5.56 Å². The number of nitrogens with zero attached hydrogens (tertiary/aromatic N) is 3. The average Bonchev–Trinajstić information content (AvgIpc) is 3.34. The van der Waals surface area contributed by atoms with Crippen molar-refractivity contribution < 1.29 is 13.9 Å². The van der Waals surface area contributed by atoms with E-state index in [1.165, 1.54) is 24.2 Å². The Hall–Kier alpha value is -3.04. The number of rotatable bonds is 6. The number of ether oxygens (including phenoxy) is 1. The van der Waals surface area contributed by atoms with E-state index in [-0.39, 0.29) is 12.2 Å². The van der Waals surface area contributed by atoms with Gasteiger partial charge in [-0.1, -0.05) is 29.4 Å². The highest BCUT2D eigenvalue weighted by Crippen LogP contribution is 2.24. The zero-order valence-electron chi connectivity index (χ0n) is 15.2. The molecule has 148 valence electrons. The zero-order valence-corrected chi connectivity index (χ0v) is 16.8. The number of furan rings is 1. The molecule has 0 saturated heterocycles. The maximum Gasteiger partial charge on any atom is 0.341 e. The number of H-pyrrole nitrogens is 1. The van der Waals surface area contributed by atoms with Gasteiger partial charge in [0.05, 0.1) is 30.5 Å². The summed E-state index contributed by atoms with van der Waals surface area (Å²) < 4.78 is 12.0. The molecule has 0 aliphatic rings. The fourth-order valence-corrected chi connectivity index (χ4v) is 3.73. The van der Waals surface area contributed by atoms with Crippen LogP contribution in [-0.4, -0.2) is 32.3 Å². The lowest BCUT2D eigenvalue weighted by molar-refractivity contribution is 0.0524. The van der Waals surface area contributed by atoms with Crippen LogP contribution in [0.3, 0.4) is 0 Å². The van der Waals surface area contributed by atoms with E-state index in [0.29, 0.717) is 44.0 Å². The van der Waals surface area contributed by atoms with Crippen molar-refractivity contribution in [1.29, 1.82) is 0 Å². The van der Waals surface area contributed by atoms with Crippen LogP contribution in [0.25, 0.3) is 16.7 Å². The lowest BCUT2D eigenvalue weighted by Crippen LogP contribution is -2.10. The summed E-state index contributed by atoms with van der Waals surface area (Å²) in [5.41, 5.74) is 1.14. The summed E-state index contributed by atoms with van der Waals surface area (Å²) in [5.74, 6) is 0.285. The van der Waals surface area contributed by atoms with E-state index in [1.54, 1.807) is 35.9 Å². The Morgan fingerprint density at radius 2 is 2.24 bits per heavy atom. The first-order chi connectivity index (χ1) is 14.1. The average molecular weight is 431 g/mol. The van der Waals surface area contributed by atoms with Crippen molar-refractivity contribution in [2.75, 3.05) is 6.61 Å². The number of carbonyl (C=O) groups is 1. The summed E-state index contributed by atoms with van der Waals surface area (Å²) in [6.07, 6.45) is 2.89. The lowest BCUT2D eigenvalue weighted by Gasteiger charge is -2.05. The number of esters is 1. The predicted molar refractivity (Wildman–Crippen MR) is 109 cm³/mol. The first kappa shape index (κ1) is 19.3. The van der Waals surface area contributed by atoms with Crippen molar-refractivity contribution in [1.82, 2.24) is 19.7 Å². The largest absolute Gasteiger partial charge is 0.468 e. The zero-order chi connectivity index (χ0) is 20.4. The van der Waals surface area contributed by atoms with Crippen molar-refractivity contribution in [2.24, 2.45) is 0 Å². The molecule has 8 nitrogen and oxygen atoms in total. The van der Waals surface area contributed by atoms with E-state index >= 15 is 0 Å². The van der Waals surface area contributed by atoms with E-state index in [1.807, 2.05) is 6.07 Å². The van der Waals surface area contributed by atoms with Crippen LogP contribution >= 0.6 is 23.4 Å². The Kier molecular flexibility index (Phi) is 5.41. The maximum atomic E-state index is 12.4. The van der Waals surface area contributed by atoms with Gasteiger partial charge in [-0.15, -0.1) is 0 Å². The third kappa shape index (κ3) is 3.92. The summed E-state index contributed by atoms with van der Waals surface area (Å²) in [7, 11) is 0. The van der Waals surface area contributed by atoms with Gasteiger partial charge in [0.25, 0.3) is 5.56 Å². The van der Waals surface area contributed by atoms with Gasteiger partial charge in [0.1, 0.15) is 16.7 Å². The molecule has 0 aliphatic carbocycles. The first-order valence-electron chi connectivity index (χ1n) is 8.67. The summed E-state index contributed by atoms with van der Waals surface area (Å²) in [5, 5.41) is 5.55. The number of aromatic nitrogens is 4. The molecule has 3 heterocycles. The minimum absolute atomic E-state index is 0.273. The van der Waals surface area contributed by atoms with Crippen molar-refractivity contribution in [2.45, 2.75) is 17.8 Å². The smallest absolute Gasteiger partial charge is 0.341 e. The minimum Gasteiger partial charge on any atom is -0.468 e. The fraction of sp³-hybridized carbons (Fsp3) is 0.158. The molecule has 0 atom stereocenters. The molecule has 0 fully saturated rings. The number of benzene rings is 1. The normalized spacial score (nSPS) is 11.1. The minimum atomic E-state index is -0.451. The molecule has 0 saturated carbocycles. The van der Waals surface area contributed by atoms with Crippen LogP contribution in [0.15, 0.2) is 57.2 Å². The molecule has 0 aliphatic heterocycles. The second-order valence-electron chi connectivity index (χ2n) is 5.91. The van der Waals surface area contributed by atoms with Crippen molar-refractivity contribution in [3.05, 3.63) is 69.5 Å². The second kappa shape index (κ2) is 8.14. The molecule has 0 unspecified atom stereocenters. The van der Waals surface area contributed by atoms with E-state index in [2.05, 4.69) is 15.1 Å². The number of aromatic amines is 1.